The molecule has 0 spiro atoms. The lowest BCUT2D eigenvalue weighted by Gasteiger charge is -2.33. The number of rotatable bonds is 6. The van der Waals surface area contributed by atoms with E-state index in [0.29, 0.717) is 6.54 Å². The van der Waals surface area contributed by atoms with E-state index in [2.05, 4.69) is 51.4 Å². The molecule has 5 nitrogen and oxygen atoms in total. The molecule has 3 heterocycles. The summed E-state index contributed by atoms with van der Waals surface area (Å²) in [6.45, 7) is 5.76. The Morgan fingerprint density at radius 3 is 2.59 bits per heavy atom. The number of nitrogens with one attached hydrogen (secondary N) is 1. The summed E-state index contributed by atoms with van der Waals surface area (Å²) in [6, 6.07) is 18.5. The quantitative estimate of drug-likeness (QED) is 0.728. The van der Waals surface area contributed by atoms with Gasteiger partial charge >= 0.3 is 0 Å². The number of piperazine rings is 1. The van der Waals surface area contributed by atoms with E-state index in [0.717, 1.165) is 55.6 Å². The Morgan fingerprint density at radius 1 is 0.963 bits per heavy atom. The maximum absolute atomic E-state index is 5.95. The molecule has 5 heteroatoms. The molecule has 0 aliphatic carbocycles. The second-order valence-electron chi connectivity index (χ2n) is 7.05. The SMILES string of the molecule is CN1CCN(c2cc(CNCc3ccc(-c4ccccc4)o3)ccn2)CC1. The lowest BCUT2D eigenvalue weighted by molar-refractivity contribution is 0.312. The van der Waals surface area contributed by atoms with Crippen molar-refractivity contribution >= 4 is 5.82 Å². The van der Waals surface area contributed by atoms with Crippen molar-refractivity contribution in [3.63, 3.8) is 0 Å². The third-order valence-corrected chi connectivity index (χ3v) is 4.99. The van der Waals surface area contributed by atoms with Crippen LogP contribution in [-0.2, 0) is 13.1 Å². The molecule has 1 N–H and O–H groups in total. The first-order valence-electron chi connectivity index (χ1n) is 9.51. The highest BCUT2D eigenvalue weighted by molar-refractivity contribution is 5.57. The maximum atomic E-state index is 5.95. The molecule has 2 aromatic heterocycles. The Balaban J connectivity index is 1.32. The number of nitrogens with zero attached hydrogens (tertiary/aromatic N) is 3. The molecule has 0 amide bonds. The summed E-state index contributed by atoms with van der Waals surface area (Å²) in [5.74, 6) is 2.93. The summed E-state index contributed by atoms with van der Waals surface area (Å²) in [5, 5.41) is 3.47. The van der Waals surface area contributed by atoms with Gasteiger partial charge in [0.1, 0.15) is 17.3 Å². The number of hydrogen-bond acceptors (Lipinski definition) is 5. The van der Waals surface area contributed by atoms with Crippen LogP contribution in [0.3, 0.4) is 0 Å². The van der Waals surface area contributed by atoms with Gasteiger partial charge in [0.15, 0.2) is 0 Å². The highest BCUT2D eigenvalue weighted by Gasteiger charge is 2.15. The van der Waals surface area contributed by atoms with E-state index in [1.54, 1.807) is 0 Å². The maximum Gasteiger partial charge on any atom is 0.134 e. The average molecular weight is 362 g/mol. The van der Waals surface area contributed by atoms with Crippen LogP contribution < -0.4 is 10.2 Å². The zero-order chi connectivity index (χ0) is 18.5. The predicted octanol–water partition coefficient (Wildman–Crippen LogP) is 3.38. The number of hydrogen-bond donors (Lipinski definition) is 1. The summed E-state index contributed by atoms with van der Waals surface area (Å²) < 4.78 is 5.95. The molecule has 4 rings (SSSR count). The highest BCUT2D eigenvalue weighted by Crippen LogP contribution is 2.21. The topological polar surface area (TPSA) is 44.5 Å². The zero-order valence-corrected chi connectivity index (χ0v) is 15.8. The van der Waals surface area contributed by atoms with Crippen LogP contribution >= 0.6 is 0 Å². The Kier molecular flexibility index (Phi) is 5.51. The second-order valence-corrected chi connectivity index (χ2v) is 7.05. The van der Waals surface area contributed by atoms with Gasteiger partial charge in [0.2, 0.25) is 0 Å². The van der Waals surface area contributed by atoms with E-state index < -0.39 is 0 Å². The third kappa shape index (κ3) is 4.56. The number of likely N-dealkylation sites (N-methyl/N-ethyl adjacent to an activating group) is 1. The van der Waals surface area contributed by atoms with Gasteiger partial charge in [-0.2, -0.15) is 0 Å². The standard InChI is InChI=1S/C22H26N4O/c1-25-11-13-26(14-12-25)22-15-18(9-10-24-22)16-23-17-20-7-8-21(27-20)19-5-3-2-4-6-19/h2-10,15,23H,11-14,16-17H2,1H3. The molecule has 0 bridgehead atoms. The van der Waals surface area contributed by atoms with Crippen molar-refractivity contribution in [1.29, 1.82) is 0 Å². The van der Waals surface area contributed by atoms with Crippen molar-refractivity contribution in [2.75, 3.05) is 38.1 Å². The van der Waals surface area contributed by atoms with Crippen molar-refractivity contribution in [3.05, 3.63) is 72.1 Å². The molecule has 140 valence electrons. The Bertz CT molecular complexity index is 854. The first-order valence-corrected chi connectivity index (χ1v) is 9.51. The summed E-state index contributed by atoms with van der Waals surface area (Å²) in [5.41, 5.74) is 2.35. The number of anilines is 1. The van der Waals surface area contributed by atoms with Crippen molar-refractivity contribution < 1.29 is 4.42 Å². The van der Waals surface area contributed by atoms with E-state index in [1.807, 2.05) is 36.5 Å². The van der Waals surface area contributed by atoms with E-state index in [1.165, 1.54) is 5.56 Å². The number of pyridine rings is 1. The van der Waals surface area contributed by atoms with E-state index >= 15 is 0 Å². The molecule has 1 aliphatic heterocycles. The Hall–Kier alpha value is -2.63. The van der Waals surface area contributed by atoms with E-state index in [9.17, 15) is 0 Å². The zero-order valence-electron chi connectivity index (χ0n) is 15.8. The molecule has 1 saturated heterocycles. The van der Waals surface area contributed by atoms with E-state index in [-0.39, 0.29) is 0 Å². The molecule has 1 aliphatic rings. The second kappa shape index (κ2) is 8.37. The minimum absolute atomic E-state index is 0.707. The third-order valence-electron chi connectivity index (χ3n) is 4.99. The molecule has 0 unspecified atom stereocenters. The molecular weight excluding hydrogens is 336 g/mol. The minimum Gasteiger partial charge on any atom is -0.460 e. The molecule has 3 aromatic rings. The van der Waals surface area contributed by atoms with Gasteiger partial charge in [-0.15, -0.1) is 0 Å². The number of aromatic nitrogens is 1. The predicted molar refractivity (Wildman–Crippen MR) is 109 cm³/mol. The van der Waals surface area contributed by atoms with Crippen molar-refractivity contribution in [2.45, 2.75) is 13.1 Å². The van der Waals surface area contributed by atoms with Crippen molar-refractivity contribution in [2.24, 2.45) is 0 Å². The number of furan rings is 1. The Morgan fingerprint density at radius 2 is 1.78 bits per heavy atom. The fourth-order valence-corrected chi connectivity index (χ4v) is 3.34. The van der Waals surface area contributed by atoms with Crippen molar-refractivity contribution in [3.8, 4) is 11.3 Å². The first kappa shape index (κ1) is 17.8. The lowest BCUT2D eigenvalue weighted by atomic mass is 10.2. The average Bonchev–Trinajstić information content (AvgIpc) is 3.18. The monoisotopic (exact) mass is 362 g/mol. The lowest BCUT2D eigenvalue weighted by Crippen LogP contribution is -2.44. The minimum atomic E-state index is 0.707. The Labute approximate surface area is 160 Å². The van der Waals surface area contributed by atoms with Gasteiger partial charge in [-0.3, -0.25) is 0 Å². The molecule has 1 fully saturated rings. The van der Waals surface area contributed by atoms with Gasteiger partial charge in [-0.05, 0) is 36.9 Å². The summed E-state index contributed by atoms with van der Waals surface area (Å²) in [6.07, 6.45) is 1.91. The normalized spacial score (nSPS) is 15.2. The van der Waals surface area contributed by atoms with Crippen molar-refractivity contribution in [1.82, 2.24) is 15.2 Å². The first-order chi connectivity index (χ1) is 13.3. The fraction of sp³-hybridized carbons (Fsp3) is 0.318. The molecule has 0 saturated carbocycles. The van der Waals surface area contributed by atoms with Crippen LogP contribution in [0.25, 0.3) is 11.3 Å². The van der Waals surface area contributed by atoms with E-state index in [4.69, 9.17) is 4.42 Å². The van der Waals surface area contributed by atoms with Crippen LogP contribution in [0.2, 0.25) is 0 Å². The van der Waals surface area contributed by atoms with Crippen LogP contribution in [-0.4, -0.2) is 43.1 Å². The van der Waals surface area contributed by atoms with Crippen LogP contribution in [0, 0.1) is 0 Å². The summed E-state index contributed by atoms with van der Waals surface area (Å²) in [4.78, 5) is 9.27. The van der Waals surface area contributed by atoms with Gasteiger partial charge in [0, 0.05) is 44.5 Å². The van der Waals surface area contributed by atoms with Crippen LogP contribution in [0.4, 0.5) is 5.82 Å². The van der Waals surface area contributed by atoms with Crippen LogP contribution in [0.5, 0.6) is 0 Å². The largest absolute Gasteiger partial charge is 0.460 e. The number of benzene rings is 1. The van der Waals surface area contributed by atoms with Gasteiger partial charge in [-0.25, -0.2) is 4.98 Å². The molecular formula is C22H26N4O. The summed E-state index contributed by atoms with van der Waals surface area (Å²) in [7, 11) is 2.17. The molecule has 27 heavy (non-hydrogen) atoms. The molecule has 0 atom stereocenters. The van der Waals surface area contributed by atoms with Gasteiger partial charge in [0.05, 0.1) is 6.54 Å². The van der Waals surface area contributed by atoms with Gasteiger partial charge in [-0.1, -0.05) is 30.3 Å². The molecule has 0 radical (unpaired) electrons. The fourth-order valence-electron chi connectivity index (χ4n) is 3.34. The van der Waals surface area contributed by atoms with Crippen LogP contribution in [0.15, 0.2) is 65.2 Å². The van der Waals surface area contributed by atoms with Gasteiger partial charge < -0.3 is 19.5 Å². The highest BCUT2D eigenvalue weighted by atomic mass is 16.3. The summed E-state index contributed by atoms with van der Waals surface area (Å²) >= 11 is 0. The van der Waals surface area contributed by atoms with Crippen LogP contribution in [0.1, 0.15) is 11.3 Å². The van der Waals surface area contributed by atoms with Gasteiger partial charge in [0.25, 0.3) is 0 Å². The smallest absolute Gasteiger partial charge is 0.134 e. The molecule has 1 aromatic carbocycles.